The predicted molar refractivity (Wildman–Crippen MR) is 84.9 cm³/mol. The van der Waals surface area contributed by atoms with Crippen LogP contribution in [0.4, 0.5) is 0 Å². The molecule has 1 N–H and O–H groups in total. The normalized spacial score (nSPS) is 25.0. The Hall–Kier alpha value is -0.420. The summed E-state index contributed by atoms with van der Waals surface area (Å²) in [6, 6.07) is 6.66. The van der Waals surface area contributed by atoms with Crippen molar-refractivity contribution < 1.29 is 4.74 Å². The second kappa shape index (κ2) is 5.17. The maximum absolute atomic E-state index is 6.03. The molecule has 1 saturated heterocycles. The van der Waals surface area contributed by atoms with E-state index in [-0.39, 0.29) is 11.6 Å². The molecule has 1 fully saturated rings. The third-order valence-corrected chi connectivity index (χ3v) is 6.01. The molecule has 4 heteroatoms. The van der Waals surface area contributed by atoms with Gasteiger partial charge in [-0.1, -0.05) is 12.1 Å². The van der Waals surface area contributed by atoms with Gasteiger partial charge in [0.15, 0.2) is 0 Å². The monoisotopic (exact) mass is 339 g/mol. The Morgan fingerprint density at radius 3 is 3.00 bits per heavy atom. The summed E-state index contributed by atoms with van der Waals surface area (Å²) in [6.45, 7) is 3.10. The molecule has 0 aliphatic carbocycles. The molecule has 102 valence electrons. The van der Waals surface area contributed by atoms with E-state index in [9.17, 15) is 0 Å². The van der Waals surface area contributed by atoms with Gasteiger partial charge in [0.2, 0.25) is 0 Å². The van der Waals surface area contributed by atoms with Crippen LogP contribution in [0.2, 0.25) is 0 Å². The van der Waals surface area contributed by atoms with Crippen LogP contribution < -0.4 is 5.32 Å². The number of likely N-dealkylation sites (N-methyl/N-ethyl adjacent to an activating group) is 1. The third-order valence-electron chi connectivity index (χ3n) is 4.04. The molecule has 2 heterocycles. The molecule has 1 aliphatic rings. The van der Waals surface area contributed by atoms with Crippen molar-refractivity contribution in [2.75, 3.05) is 13.7 Å². The zero-order valence-corrected chi connectivity index (χ0v) is 13.6. The van der Waals surface area contributed by atoms with Crippen LogP contribution in [0.3, 0.4) is 0 Å². The van der Waals surface area contributed by atoms with Crippen LogP contribution in [0.5, 0.6) is 0 Å². The number of thiophene rings is 1. The van der Waals surface area contributed by atoms with Crippen molar-refractivity contribution in [1.82, 2.24) is 5.32 Å². The van der Waals surface area contributed by atoms with E-state index < -0.39 is 0 Å². The highest BCUT2D eigenvalue weighted by atomic mass is 79.9. The van der Waals surface area contributed by atoms with Crippen LogP contribution in [0.1, 0.15) is 31.4 Å². The van der Waals surface area contributed by atoms with Crippen LogP contribution in [0, 0.1) is 0 Å². The average Bonchev–Trinajstić information content (AvgIpc) is 3.00. The average molecular weight is 340 g/mol. The zero-order valence-electron chi connectivity index (χ0n) is 11.2. The fourth-order valence-electron chi connectivity index (χ4n) is 3.08. The second-order valence-electron chi connectivity index (χ2n) is 5.29. The first-order valence-corrected chi connectivity index (χ1v) is 8.30. The van der Waals surface area contributed by atoms with E-state index in [1.165, 1.54) is 20.1 Å². The minimum absolute atomic E-state index is 0.0922. The molecule has 19 heavy (non-hydrogen) atoms. The molecule has 0 bridgehead atoms. The Labute approximate surface area is 126 Å². The fraction of sp³-hybridized carbons (Fsp3) is 0.467. The van der Waals surface area contributed by atoms with Crippen molar-refractivity contribution in [1.29, 1.82) is 0 Å². The first-order chi connectivity index (χ1) is 9.15. The summed E-state index contributed by atoms with van der Waals surface area (Å²) in [4.78, 5) is 0. The van der Waals surface area contributed by atoms with E-state index in [4.69, 9.17) is 4.74 Å². The van der Waals surface area contributed by atoms with Crippen molar-refractivity contribution in [3.8, 4) is 0 Å². The summed E-state index contributed by atoms with van der Waals surface area (Å²) < 4.78 is 8.52. The van der Waals surface area contributed by atoms with Gasteiger partial charge in [-0.25, -0.2) is 0 Å². The second-order valence-corrected chi connectivity index (χ2v) is 7.03. The summed E-state index contributed by atoms with van der Waals surface area (Å²) in [6.07, 6.45) is 2.27. The molecule has 1 aromatic carbocycles. The molecule has 1 aliphatic heterocycles. The summed E-state index contributed by atoms with van der Waals surface area (Å²) in [5, 5.41) is 7.06. The minimum atomic E-state index is -0.0922. The molecular weight excluding hydrogens is 322 g/mol. The molecule has 2 atom stereocenters. The maximum Gasteiger partial charge on any atom is 0.0849 e. The van der Waals surface area contributed by atoms with E-state index in [2.05, 4.69) is 51.7 Å². The number of hydrogen-bond donors (Lipinski definition) is 1. The Balaban J connectivity index is 2.09. The van der Waals surface area contributed by atoms with E-state index in [1.54, 1.807) is 11.3 Å². The largest absolute Gasteiger partial charge is 0.373 e. The standard InChI is InChI=1S/C15H18BrNOS/c1-15(7-4-8-18-15)14(17-2)11-9-19-13-10(11)5-3-6-12(13)16/h3,5-6,9,14,17H,4,7-8H2,1-2H3. The Morgan fingerprint density at radius 1 is 1.47 bits per heavy atom. The number of ether oxygens (including phenoxy) is 1. The molecule has 0 amide bonds. The van der Waals surface area contributed by atoms with E-state index in [1.807, 2.05) is 7.05 Å². The van der Waals surface area contributed by atoms with Crippen molar-refractivity contribution in [3.05, 3.63) is 33.6 Å². The first kappa shape index (κ1) is 13.6. The molecule has 2 aromatic rings. The summed E-state index contributed by atoms with van der Waals surface area (Å²) in [7, 11) is 2.03. The Morgan fingerprint density at radius 2 is 2.32 bits per heavy atom. The Kier molecular flexibility index (Phi) is 3.69. The van der Waals surface area contributed by atoms with Crippen LogP contribution in [0.15, 0.2) is 28.1 Å². The lowest BCUT2D eigenvalue weighted by atomic mass is 9.87. The van der Waals surface area contributed by atoms with Gasteiger partial charge in [-0.05, 0) is 65.1 Å². The van der Waals surface area contributed by atoms with Gasteiger partial charge in [-0.2, -0.15) is 0 Å². The first-order valence-electron chi connectivity index (χ1n) is 6.62. The molecule has 2 unspecified atom stereocenters. The van der Waals surface area contributed by atoms with Gasteiger partial charge in [0.25, 0.3) is 0 Å². The van der Waals surface area contributed by atoms with Crippen LogP contribution in [0.25, 0.3) is 10.1 Å². The minimum Gasteiger partial charge on any atom is -0.373 e. The number of nitrogens with one attached hydrogen (secondary N) is 1. The van der Waals surface area contributed by atoms with Crippen molar-refractivity contribution in [3.63, 3.8) is 0 Å². The summed E-state index contributed by atoms with van der Waals surface area (Å²) in [5.74, 6) is 0. The summed E-state index contributed by atoms with van der Waals surface area (Å²) >= 11 is 5.44. The smallest absolute Gasteiger partial charge is 0.0849 e. The predicted octanol–water partition coefficient (Wildman–Crippen LogP) is 4.49. The third kappa shape index (κ3) is 2.25. The number of benzene rings is 1. The lowest BCUT2D eigenvalue weighted by Crippen LogP contribution is -2.39. The lowest BCUT2D eigenvalue weighted by molar-refractivity contribution is -0.00996. The van der Waals surface area contributed by atoms with E-state index in [0.29, 0.717) is 0 Å². The van der Waals surface area contributed by atoms with Gasteiger partial charge in [-0.3, -0.25) is 0 Å². The van der Waals surface area contributed by atoms with E-state index >= 15 is 0 Å². The van der Waals surface area contributed by atoms with Gasteiger partial charge in [0.1, 0.15) is 0 Å². The topological polar surface area (TPSA) is 21.3 Å². The van der Waals surface area contributed by atoms with Crippen molar-refractivity contribution in [2.24, 2.45) is 0 Å². The number of fused-ring (bicyclic) bond motifs is 1. The Bertz CT molecular complexity index is 589. The van der Waals surface area contributed by atoms with Gasteiger partial charge in [0, 0.05) is 15.8 Å². The van der Waals surface area contributed by atoms with Crippen LogP contribution >= 0.6 is 27.3 Å². The molecule has 0 radical (unpaired) electrons. The molecule has 0 saturated carbocycles. The fourth-order valence-corrected chi connectivity index (χ4v) is 4.73. The zero-order chi connectivity index (χ0) is 13.5. The number of halogens is 1. The maximum atomic E-state index is 6.03. The lowest BCUT2D eigenvalue weighted by Gasteiger charge is -2.33. The van der Waals surface area contributed by atoms with Crippen molar-refractivity contribution in [2.45, 2.75) is 31.4 Å². The highest BCUT2D eigenvalue weighted by molar-refractivity contribution is 9.10. The van der Waals surface area contributed by atoms with Gasteiger partial charge in [-0.15, -0.1) is 11.3 Å². The highest BCUT2D eigenvalue weighted by Gasteiger charge is 2.39. The van der Waals surface area contributed by atoms with Gasteiger partial charge >= 0.3 is 0 Å². The van der Waals surface area contributed by atoms with Gasteiger partial charge < -0.3 is 10.1 Å². The highest BCUT2D eigenvalue weighted by Crippen LogP contribution is 2.42. The quantitative estimate of drug-likeness (QED) is 0.889. The van der Waals surface area contributed by atoms with Crippen molar-refractivity contribution >= 4 is 37.4 Å². The van der Waals surface area contributed by atoms with Crippen LogP contribution in [-0.4, -0.2) is 19.3 Å². The van der Waals surface area contributed by atoms with Crippen LogP contribution in [-0.2, 0) is 4.74 Å². The molecule has 3 rings (SSSR count). The van der Waals surface area contributed by atoms with E-state index in [0.717, 1.165) is 19.4 Å². The number of hydrogen-bond acceptors (Lipinski definition) is 3. The number of rotatable bonds is 3. The SMILES string of the molecule is CNC(c1csc2c(Br)cccc12)C1(C)CCCO1. The molecule has 0 spiro atoms. The summed E-state index contributed by atoms with van der Waals surface area (Å²) in [5.41, 5.74) is 1.26. The molecular formula is C15H18BrNOS. The molecule has 2 nitrogen and oxygen atoms in total. The molecule has 1 aromatic heterocycles. The van der Waals surface area contributed by atoms with Gasteiger partial charge in [0.05, 0.1) is 11.6 Å².